The maximum absolute atomic E-state index is 12.5. The van der Waals surface area contributed by atoms with Crippen LogP contribution in [-0.4, -0.2) is 39.0 Å². The quantitative estimate of drug-likeness (QED) is 0.803. The lowest BCUT2D eigenvalue weighted by Gasteiger charge is -2.58. The van der Waals surface area contributed by atoms with E-state index in [4.69, 9.17) is 4.74 Å². The van der Waals surface area contributed by atoms with Crippen LogP contribution in [0.2, 0.25) is 0 Å². The fourth-order valence-corrected chi connectivity index (χ4v) is 4.26. The fraction of sp³-hybridized carbons (Fsp3) is 0.800. The molecule has 0 radical (unpaired) electrons. The summed E-state index contributed by atoms with van der Waals surface area (Å²) in [6.07, 6.45) is -2.42. The number of hydrogen-bond acceptors (Lipinski definition) is 5. The number of amides is 1. The summed E-state index contributed by atoms with van der Waals surface area (Å²) < 4.78 is 46.2. The van der Waals surface area contributed by atoms with Gasteiger partial charge in [-0.3, -0.25) is 0 Å². The van der Waals surface area contributed by atoms with Crippen LogP contribution in [0.25, 0.3) is 0 Å². The molecule has 1 saturated heterocycles. The van der Waals surface area contributed by atoms with Crippen LogP contribution in [0, 0.1) is 11.3 Å². The standard InChI is InChI=1S/C15H20F3N3O2S/c1-13(2,3)23-12(22)21-7-14(8-21)5-9(6-14)4-10-19-11(20-24-10)15(16,17)18/h9H,4-8H2,1-3H3. The van der Waals surface area contributed by atoms with Gasteiger partial charge >= 0.3 is 12.3 Å². The van der Waals surface area contributed by atoms with Crippen LogP contribution >= 0.6 is 11.5 Å². The van der Waals surface area contributed by atoms with E-state index in [9.17, 15) is 18.0 Å². The Morgan fingerprint density at radius 1 is 1.33 bits per heavy atom. The molecule has 0 aromatic carbocycles. The van der Waals surface area contributed by atoms with Gasteiger partial charge < -0.3 is 9.64 Å². The number of hydrogen-bond donors (Lipinski definition) is 0. The Balaban J connectivity index is 1.44. The van der Waals surface area contributed by atoms with Crippen molar-refractivity contribution in [2.24, 2.45) is 11.3 Å². The van der Waals surface area contributed by atoms with Crippen molar-refractivity contribution in [1.29, 1.82) is 0 Å². The van der Waals surface area contributed by atoms with Gasteiger partial charge in [-0.15, -0.1) is 0 Å². The van der Waals surface area contributed by atoms with Crippen molar-refractivity contribution in [3.8, 4) is 0 Å². The van der Waals surface area contributed by atoms with Gasteiger partial charge in [0.1, 0.15) is 10.6 Å². The summed E-state index contributed by atoms with van der Waals surface area (Å²) in [7, 11) is 0. The molecule has 0 atom stereocenters. The Kier molecular flexibility index (Phi) is 4.05. The van der Waals surface area contributed by atoms with Gasteiger partial charge in [0, 0.05) is 24.9 Å². The Labute approximate surface area is 142 Å². The van der Waals surface area contributed by atoms with Crippen molar-refractivity contribution in [1.82, 2.24) is 14.3 Å². The molecule has 2 fully saturated rings. The Morgan fingerprint density at radius 2 is 1.96 bits per heavy atom. The van der Waals surface area contributed by atoms with E-state index in [2.05, 4.69) is 9.36 Å². The highest BCUT2D eigenvalue weighted by Gasteiger charge is 2.54. The zero-order valence-corrected chi connectivity index (χ0v) is 14.6. The van der Waals surface area contributed by atoms with Crippen molar-refractivity contribution in [2.45, 2.75) is 51.8 Å². The number of carbonyl (C=O) groups excluding carboxylic acids is 1. The molecule has 1 aromatic rings. The highest BCUT2D eigenvalue weighted by atomic mass is 32.1. The summed E-state index contributed by atoms with van der Waals surface area (Å²) in [5.41, 5.74) is -0.380. The lowest BCUT2D eigenvalue weighted by Crippen LogP contribution is -2.64. The second-order valence-electron chi connectivity index (χ2n) is 7.82. The molecule has 1 aliphatic heterocycles. The van der Waals surface area contributed by atoms with E-state index in [-0.39, 0.29) is 11.5 Å². The Morgan fingerprint density at radius 3 is 2.46 bits per heavy atom. The summed E-state index contributed by atoms with van der Waals surface area (Å²) in [6.45, 7) is 6.83. The molecule has 5 nitrogen and oxygen atoms in total. The number of carbonyl (C=O) groups is 1. The minimum Gasteiger partial charge on any atom is -0.444 e. The molecular formula is C15H20F3N3O2S. The summed E-state index contributed by atoms with van der Waals surface area (Å²) in [5.74, 6) is -0.726. The van der Waals surface area contributed by atoms with E-state index in [0.717, 1.165) is 24.4 Å². The molecule has 2 heterocycles. The second-order valence-corrected chi connectivity index (χ2v) is 8.66. The Bertz CT molecular complexity index is 625. The lowest BCUT2D eigenvalue weighted by atomic mass is 9.57. The highest BCUT2D eigenvalue weighted by Crippen LogP contribution is 2.53. The van der Waals surface area contributed by atoms with Gasteiger partial charge in [0.2, 0.25) is 5.82 Å². The molecule has 0 unspecified atom stereocenters. The maximum atomic E-state index is 12.5. The normalized spacial score (nSPS) is 20.7. The zero-order chi connectivity index (χ0) is 17.8. The molecule has 2 aliphatic rings. The van der Waals surface area contributed by atoms with Gasteiger partial charge in [0.05, 0.1) is 0 Å². The van der Waals surface area contributed by atoms with Crippen LogP contribution in [0.3, 0.4) is 0 Å². The topological polar surface area (TPSA) is 55.3 Å². The number of ether oxygens (including phenoxy) is 1. The first kappa shape index (κ1) is 17.4. The van der Waals surface area contributed by atoms with Crippen molar-refractivity contribution in [3.05, 3.63) is 10.8 Å². The summed E-state index contributed by atoms with van der Waals surface area (Å²) in [4.78, 5) is 17.2. The fourth-order valence-electron chi connectivity index (χ4n) is 3.49. The molecule has 1 spiro atoms. The second kappa shape index (κ2) is 5.57. The van der Waals surface area contributed by atoms with Gasteiger partial charge in [-0.2, -0.15) is 17.5 Å². The summed E-state index contributed by atoms with van der Waals surface area (Å²) >= 11 is 0.826. The van der Waals surface area contributed by atoms with Gasteiger partial charge in [0.25, 0.3) is 0 Å². The number of likely N-dealkylation sites (tertiary alicyclic amines) is 1. The highest BCUT2D eigenvalue weighted by molar-refractivity contribution is 7.05. The molecule has 134 valence electrons. The first-order valence-electron chi connectivity index (χ1n) is 7.84. The van der Waals surface area contributed by atoms with Crippen molar-refractivity contribution in [2.75, 3.05) is 13.1 Å². The molecule has 1 amide bonds. The van der Waals surface area contributed by atoms with Crippen LogP contribution in [0.15, 0.2) is 0 Å². The summed E-state index contributed by atoms with van der Waals surface area (Å²) in [6, 6.07) is 0. The maximum Gasteiger partial charge on any atom is 0.452 e. The molecule has 24 heavy (non-hydrogen) atoms. The largest absolute Gasteiger partial charge is 0.452 e. The van der Waals surface area contributed by atoms with Crippen LogP contribution < -0.4 is 0 Å². The molecule has 9 heteroatoms. The number of rotatable bonds is 2. The van der Waals surface area contributed by atoms with E-state index in [1.54, 1.807) is 4.90 Å². The van der Waals surface area contributed by atoms with E-state index < -0.39 is 17.6 Å². The van der Waals surface area contributed by atoms with Crippen LogP contribution in [0.5, 0.6) is 0 Å². The third kappa shape index (κ3) is 3.65. The zero-order valence-electron chi connectivity index (χ0n) is 13.8. The average Bonchev–Trinajstić information content (AvgIpc) is 2.75. The minimum absolute atomic E-state index is 0.124. The third-order valence-electron chi connectivity index (χ3n) is 4.33. The van der Waals surface area contributed by atoms with Gasteiger partial charge in [0.15, 0.2) is 0 Å². The first-order chi connectivity index (χ1) is 11.0. The average molecular weight is 363 g/mol. The van der Waals surface area contributed by atoms with E-state index in [1.807, 2.05) is 20.8 Å². The van der Waals surface area contributed by atoms with Crippen LogP contribution in [0.4, 0.5) is 18.0 Å². The molecule has 0 N–H and O–H groups in total. The summed E-state index contributed by atoms with van der Waals surface area (Å²) in [5, 5.41) is 0.436. The minimum atomic E-state index is -4.47. The predicted molar refractivity (Wildman–Crippen MR) is 81.6 cm³/mol. The van der Waals surface area contributed by atoms with E-state index in [1.165, 1.54) is 0 Å². The molecule has 1 aliphatic carbocycles. The number of nitrogens with zero attached hydrogens (tertiary/aromatic N) is 3. The van der Waals surface area contributed by atoms with Gasteiger partial charge in [-0.05, 0) is 51.1 Å². The monoisotopic (exact) mass is 363 g/mol. The predicted octanol–water partition coefficient (Wildman–Crippen LogP) is 3.75. The number of aromatic nitrogens is 2. The van der Waals surface area contributed by atoms with Crippen molar-refractivity contribution in [3.63, 3.8) is 0 Å². The van der Waals surface area contributed by atoms with Gasteiger partial charge in [-0.25, -0.2) is 9.78 Å². The van der Waals surface area contributed by atoms with Crippen molar-refractivity contribution < 1.29 is 22.7 Å². The van der Waals surface area contributed by atoms with E-state index in [0.29, 0.717) is 30.4 Å². The van der Waals surface area contributed by atoms with E-state index >= 15 is 0 Å². The molecular weight excluding hydrogens is 343 g/mol. The SMILES string of the molecule is CC(C)(C)OC(=O)N1CC2(CC(Cc3nc(C(F)(F)F)ns3)C2)C1. The molecule has 3 rings (SSSR count). The number of alkyl halides is 3. The van der Waals surface area contributed by atoms with Crippen LogP contribution in [0.1, 0.15) is 44.4 Å². The Hall–Kier alpha value is -1.38. The van der Waals surface area contributed by atoms with Crippen molar-refractivity contribution >= 4 is 17.6 Å². The van der Waals surface area contributed by atoms with Crippen LogP contribution in [-0.2, 0) is 17.3 Å². The smallest absolute Gasteiger partial charge is 0.444 e. The molecule has 1 aromatic heterocycles. The molecule has 1 saturated carbocycles. The lowest BCUT2D eigenvalue weighted by molar-refractivity contribution is -0.144. The number of halogens is 3. The first-order valence-corrected chi connectivity index (χ1v) is 8.61. The van der Waals surface area contributed by atoms with Gasteiger partial charge in [-0.1, -0.05) is 0 Å². The third-order valence-corrected chi connectivity index (χ3v) is 5.07. The molecule has 0 bridgehead atoms.